The molecular weight excluding hydrogens is 354 g/mol. The highest BCUT2D eigenvalue weighted by Crippen LogP contribution is 2.29. The van der Waals surface area contributed by atoms with Crippen molar-refractivity contribution in [2.45, 2.75) is 13.0 Å². The molecule has 3 rings (SSSR count). The highest BCUT2D eigenvalue weighted by molar-refractivity contribution is 5.86. The van der Waals surface area contributed by atoms with Crippen molar-refractivity contribution in [3.8, 4) is 17.6 Å². The number of nitrogens with zero attached hydrogens (tertiary/aromatic N) is 2. The lowest BCUT2D eigenvalue weighted by atomic mass is 10.1. The zero-order valence-corrected chi connectivity index (χ0v) is 15.4. The molecule has 0 saturated heterocycles. The predicted octanol–water partition coefficient (Wildman–Crippen LogP) is 3.79. The Morgan fingerprint density at radius 2 is 1.96 bits per heavy atom. The summed E-state index contributed by atoms with van der Waals surface area (Å²) in [7, 11) is 1.57. The van der Waals surface area contributed by atoms with Gasteiger partial charge in [0.15, 0.2) is 11.5 Å². The summed E-state index contributed by atoms with van der Waals surface area (Å²) in [5.41, 5.74) is 4.10. The van der Waals surface area contributed by atoms with Crippen LogP contribution in [-0.4, -0.2) is 19.2 Å². The Bertz CT molecular complexity index is 1050. The van der Waals surface area contributed by atoms with Gasteiger partial charge in [-0.25, -0.2) is 5.43 Å². The van der Waals surface area contributed by atoms with E-state index >= 15 is 0 Å². The number of nitriles is 1. The number of carbonyl (C=O) groups is 1. The van der Waals surface area contributed by atoms with E-state index < -0.39 is 5.91 Å². The van der Waals surface area contributed by atoms with Crippen LogP contribution in [-0.2, 0) is 11.4 Å². The summed E-state index contributed by atoms with van der Waals surface area (Å²) in [6, 6.07) is 21.4. The van der Waals surface area contributed by atoms with Gasteiger partial charge in [-0.15, -0.1) is 0 Å². The summed E-state index contributed by atoms with van der Waals surface area (Å²) in [6.07, 6.45) is 1.24. The van der Waals surface area contributed by atoms with Crippen molar-refractivity contribution in [3.05, 3.63) is 71.8 Å². The van der Waals surface area contributed by atoms with Gasteiger partial charge < -0.3 is 9.47 Å². The fourth-order valence-corrected chi connectivity index (χ4v) is 2.75. The minimum absolute atomic E-state index is 0.235. The summed E-state index contributed by atoms with van der Waals surface area (Å²) in [4.78, 5) is 11.2. The first-order valence-electron chi connectivity index (χ1n) is 8.67. The van der Waals surface area contributed by atoms with Crippen LogP contribution in [0.1, 0.15) is 17.5 Å². The summed E-state index contributed by atoms with van der Waals surface area (Å²) in [5.74, 6) is 0.717. The molecule has 1 amide bonds. The molecule has 0 atom stereocenters. The Balaban J connectivity index is 1.71. The molecule has 140 valence electrons. The van der Waals surface area contributed by atoms with Crippen LogP contribution in [0.5, 0.6) is 11.5 Å². The van der Waals surface area contributed by atoms with Crippen LogP contribution in [0.2, 0.25) is 0 Å². The number of benzene rings is 3. The quantitative estimate of drug-likeness (QED) is 0.504. The van der Waals surface area contributed by atoms with Crippen molar-refractivity contribution in [1.29, 1.82) is 5.26 Å². The first-order valence-corrected chi connectivity index (χ1v) is 8.67. The van der Waals surface area contributed by atoms with E-state index in [9.17, 15) is 4.79 Å². The highest BCUT2D eigenvalue weighted by Gasteiger charge is 2.07. The van der Waals surface area contributed by atoms with Gasteiger partial charge in [0.2, 0.25) is 0 Å². The maximum absolute atomic E-state index is 11.2. The van der Waals surface area contributed by atoms with E-state index in [0.717, 1.165) is 16.5 Å². The van der Waals surface area contributed by atoms with Gasteiger partial charge in [0.1, 0.15) is 13.0 Å². The molecular formula is C22H19N3O3. The van der Waals surface area contributed by atoms with Gasteiger partial charge >= 0.3 is 0 Å². The lowest BCUT2D eigenvalue weighted by molar-refractivity contribution is -0.120. The van der Waals surface area contributed by atoms with E-state index in [0.29, 0.717) is 18.1 Å². The average molecular weight is 373 g/mol. The van der Waals surface area contributed by atoms with Crippen molar-refractivity contribution in [2.24, 2.45) is 5.10 Å². The second-order valence-electron chi connectivity index (χ2n) is 5.97. The molecule has 28 heavy (non-hydrogen) atoms. The van der Waals surface area contributed by atoms with Gasteiger partial charge in [-0.2, -0.15) is 10.4 Å². The fraction of sp³-hybridized carbons (Fsp3) is 0.136. The van der Waals surface area contributed by atoms with Crippen LogP contribution in [0.4, 0.5) is 0 Å². The number of carbonyl (C=O) groups excluding carboxylic acids is 1. The lowest BCUT2D eigenvalue weighted by Crippen LogP contribution is -2.16. The van der Waals surface area contributed by atoms with Crippen LogP contribution in [0.15, 0.2) is 65.8 Å². The minimum Gasteiger partial charge on any atom is -0.493 e. The van der Waals surface area contributed by atoms with E-state index in [1.807, 2.05) is 24.3 Å². The number of hydrazone groups is 1. The number of ether oxygens (including phenoxy) is 2. The first kappa shape index (κ1) is 18.9. The maximum atomic E-state index is 11.2. The Morgan fingerprint density at radius 3 is 2.79 bits per heavy atom. The normalized spacial score (nSPS) is 10.6. The zero-order chi connectivity index (χ0) is 19.8. The lowest BCUT2D eigenvalue weighted by Gasteiger charge is -2.12. The number of hydrogen-bond donors (Lipinski definition) is 1. The molecule has 0 saturated carbocycles. The predicted molar refractivity (Wildman–Crippen MR) is 107 cm³/mol. The molecule has 6 heteroatoms. The number of amides is 1. The second-order valence-corrected chi connectivity index (χ2v) is 5.97. The third-order valence-corrected chi connectivity index (χ3v) is 4.09. The molecule has 0 bridgehead atoms. The molecule has 0 fully saturated rings. The highest BCUT2D eigenvalue weighted by atomic mass is 16.5. The molecule has 3 aromatic rings. The third-order valence-electron chi connectivity index (χ3n) is 4.09. The Kier molecular flexibility index (Phi) is 6.21. The molecule has 0 heterocycles. The van der Waals surface area contributed by atoms with Crippen LogP contribution < -0.4 is 14.9 Å². The number of rotatable bonds is 7. The molecule has 0 radical (unpaired) electrons. The molecule has 6 nitrogen and oxygen atoms in total. The minimum atomic E-state index is -0.458. The largest absolute Gasteiger partial charge is 0.493 e. The van der Waals surface area contributed by atoms with Crippen LogP contribution >= 0.6 is 0 Å². The Morgan fingerprint density at radius 1 is 1.14 bits per heavy atom. The summed E-state index contributed by atoms with van der Waals surface area (Å²) in [6.45, 7) is 0.412. The van der Waals surface area contributed by atoms with Crippen LogP contribution in [0.25, 0.3) is 10.8 Å². The van der Waals surface area contributed by atoms with Gasteiger partial charge in [0.25, 0.3) is 5.91 Å². The summed E-state index contributed by atoms with van der Waals surface area (Å²) in [5, 5.41) is 14.6. The van der Waals surface area contributed by atoms with E-state index in [4.69, 9.17) is 14.7 Å². The van der Waals surface area contributed by atoms with Crippen molar-refractivity contribution in [1.82, 2.24) is 5.43 Å². The maximum Gasteiger partial charge on any atom is 0.254 e. The van der Waals surface area contributed by atoms with Gasteiger partial charge in [-0.1, -0.05) is 42.5 Å². The molecule has 0 unspecified atom stereocenters. The van der Waals surface area contributed by atoms with Gasteiger partial charge in [-0.05, 0) is 40.1 Å². The number of methoxy groups -OCH3 is 1. The van der Waals surface area contributed by atoms with E-state index in [2.05, 4.69) is 28.7 Å². The average Bonchev–Trinajstić information content (AvgIpc) is 2.72. The topological polar surface area (TPSA) is 83.7 Å². The fourth-order valence-electron chi connectivity index (χ4n) is 2.75. The van der Waals surface area contributed by atoms with Crippen molar-refractivity contribution >= 4 is 22.9 Å². The molecule has 0 aliphatic rings. The summed E-state index contributed by atoms with van der Waals surface area (Å²) < 4.78 is 11.4. The first-order chi connectivity index (χ1) is 13.7. The molecule has 1 N–H and O–H groups in total. The SMILES string of the molecule is COc1cc(C=NNC(=O)CC#N)ccc1OCc1cccc2ccccc12. The molecule has 3 aromatic carbocycles. The van der Waals surface area contributed by atoms with E-state index in [1.165, 1.54) is 11.6 Å². The molecule has 0 aliphatic heterocycles. The van der Waals surface area contributed by atoms with E-state index in [1.54, 1.807) is 31.4 Å². The van der Waals surface area contributed by atoms with E-state index in [-0.39, 0.29) is 6.42 Å². The summed E-state index contributed by atoms with van der Waals surface area (Å²) >= 11 is 0. The van der Waals surface area contributed by atoms with Gasteiger partial charge in [0.05, 0.1) is 19.4 Å². The Hall–Kier alpha value is -3.85. The Labute approximate surface area is 163 Å². The zero-order valence-electron chi connectivity index (χ0n) is 15.4. The van der Waals surface area contributed by atoms with Gasteiger partial charge in [-0.3, -0.25) is 4.79 Å². The number of fused-ring (bicyclic) bond motifs is 1. The standard InChI is InChI=1S/C22H19N3O3/c1-27-21-13-16(14-24-25-22(26)11-12-23)9-10-20(21)28-15-18-7-4-6-17-5-2-3-8-19(17)18/h2-10,13-14H,11,15H2,1H3,(H,25,26). The second kappa shape index (κ2) is 9.19. The number of nitrogens with one attached hydrogen (secondary N) is 1. The monoisotopic (exact) mass is 373 g/mol. The molecule has 0 aliphatic carbocycles. The molecule has 0 aromatic heterocycles. The number of hydrogen-bond acceptors (Lipinski definition) is 5. The van der Waals surface area contributed by atoms with Crippen LogP contribution in [0, 0.1) is 11.3 Å². The smallest absolute Gasteiger partial charge is 0.254 e. The molecule has 0 spiro atoms. The third kappa shape index (κ3) is 4.65. The van der Waals surface area contributed by atoms with Gasteiger partial charge in [0, 0.05) is 0 Å². The van der Waals surface area contributed by atoms with Crippen molar-refractivity contribution < 1.29 is 14.3 Å². The van der Waals surface area contributed by atoms with Crippen molar-refractivity contribution in [3.63, 3.8) is 0 Å². The van der Waals surface area contributed by atoms with Crippen molar-refractivity contribution in [2.75, 3.05) is 7.11 Å². The van der Waals surface area contributed by atoms with Crippen LogP contribution in [0.3, 0.4) is 0 Å².